The third-order valence-electron chi connectivity index (χ3n) is 5.35. The quantitative estimate of drug-likeness (QED) is 0.907. The summed E-state index contributed by atoms with van der Waals surface area (Å²) in [6, 6.07) is 2.99. The first-order valence-corrected chi connectivity index (χ1v) is 9.71. The lowest BCUT2D eigenvalue weighted by Gasteiger charge is -2.46. The number of piperidine rings is 1. The van der Waals surface area contributed by atoms with Crippen molar-refractivity contribution in [1.82, 2.24) is 20.3 Å². The summed E-state index contributed by atoms with van der Waals surface area (Å²) in [5.74, 6) is 0.488. The zero-order valence-corrected chi connectivity index (χ0v) is 15.7. The third-order valence-corrected chi connectivity index (χ3v) is 6.83. The number of nitrogens with zero attached hydrogens (tertiary/aromatic N) is 3. The molecule has 4 rings (SSSR count). The summed E-state index contributed by atoms with van der Waals surface area (Å²) < 4.78 is 8.32. The Morgan fingerprint density at radius 2 is 2.25 bits per heavy atom. The monoisotopic (exact) mass is 346 g/mol. The van der Waals surface area contributed by atoms with E-state index in [1.807, 2.05) is 24.6 Å². The van der Waals surface area contributed by atoms with Crippen molar-refractivity contribution in [1.29, 1.82) is 0 Å². The largest absolute Gasteiger partial charge is 0.369 e. The van der Waals surface area contributed by atoms with E-state index in [0.29, 0.717) is 12.0 Å². The number of nitrogens with one attached hydrogen (secondary N) is 1. The van der Waals surface area contributed by atoms with E-state index >= 15 is 0 Å². The third kappa shape index (κ3) is 2.61. The van der Waals surface area contributed by atoms with E-state index in [0.717, 1.165) is 31.6 Å². The van der Waals surface area contributed by atoms with Crippen molar-refractivity contribution >= 4 is 11.3 Å². The molecule has 1 fully saturated rings. The molecule has 1 saturated heterocycles. The lowest BCUT2D eigenvalue weighted by atomic mass is 9.77. The minimum absolute atomic E-state index is 0.174. The molecule has 0 aliphatic carbocycles. The molecule has 4 heterocycles. The van der Waals surface area contributed by atoms with Crippen LogP contribution in [-0.4, -0.2) is 27.6 Å². The van der Waals surface area contributed by atoms with Crippen molar-refractivity contribution in [2.24, 2.45) is 7.05 Å². The fourth-order valence-electron chi connectivity index (χ4n) is 4.18. The van der Waals surface area contributed by atoms with Gasteiger partial charge in [-0.05, 0) is 31.4 Å². The molecule has 0 amide bonds. The molecule has 0 radical (unpaired) electrons. The molecule has 2 aliphatic rings. The Hall–Kier alpha value is -1.24. The highest BCUT2D eigenvalue weighted by molar-refractivity contribution is 7.12. The zero-order chi connectivity index (χ0) is 16.9. The second kappa shape index (κ2) is 5.93. The SMILES string of the molecule is CCc1cc2c(s1)[C@]1(C[C@@H](c3cn(C)nn3)N[C@@H](C)C1)OCC2C. The number of rotatable bonds is 2. The summed E-state index contributed by atoms with van der Waals surface area (Å²) in [5, 5.41) is 12.1. The van der Waals surface area contributed by atoms with Crippen LogP contribution in [-0.2, 0) is 23.8 Å². The molecule has 4 atom stereocenters. The zero-order valence-electron chi connectivity index (χ0n) is 14.9. The lowest BCUT2D eigenvalue weighted by molar-refractivity contribution is -0.102. The van der Waals surface area contributed by atoms with Gasteiger partial charge in [0.15, 0.2) is 0 Å². The van der Waals surface area contributed by atoms with Crippen molar-refractivity contribution in [3.63, 3.8) is 0 Å². The Kier molecular flexibility index (Phi) is 4.01. The second-order valence-corrected chi connectivity index (χ2v) is 8.54. The van der Waals surface area contributed by atoms with Crippen LogP contribution < -0.4 is 5.32 Å². The lowest BCUT2D eigenvalue weighted by Crippen LogP contribution is -2.50. The van der Waals surface area contributed by atoms with Gasteiger partial charge in [0.2, 0.25) is 0 Å². The van der Waals surface area contributed by atoms with Crippen LogP contribution in [0.1, 0.15) is 66.6 Å². The van der Waals surface area contributed by atoms with Gasteiger partial charge < -0.3 is 10.1 Å². The van der Waals surface area contributed by atoms with Crippen molar-refractivity contribution in [3.05, 3.63) is 33.3 Å². The van der Waals surface area contributed by atoms with E-state index in [1.54, 1.807) is 4.68 Å². The molecule has 2 aromatic heterocycles. The van der Waals surface area contributed by atoms with Gasteiger partial charge in [0.25, 0.3) is 0 Å². The average molecular weight is 347 g/mol. The molecule has 5 nitrogen and oxygen atoms in total. The van der Waals surface area contributed by atoms with Crippen molar-refractivity contribution < 1.29 is 4.74 Å². The van der Waals surface area contributed by atoms with Crippen molar-refractivity contribution in [2.75, 3.05) is 6.61 Å². The number of fused-ring (bicyclic) bond motifs is 2. The predicted molar refractivity (Wildman–Crippen MR) is 95.3 cm³/mol. The first-order valence-electron chi connectivity index (χ1n) is 8.90. The van der Waals surface area contributed by atoms with Crippen LogP contribution in [0.5, 0.6) is 0 Å². The highest BCUT2D eigenvalue weighted by atomic mass is 32.1. The van der Waals surface area contributed by atoms with Gasteiger partial charge in [-0.25, -0.2) is 0 Å². The first-order chi connectivity index (χ1) is 11.5. The first kappa shape index (κ1) is 16.2. The van der Waals surface area contributed by atoms with Crippen molar-refractivity contribution in [3.8, 4) is 0 Å². The molecule has 2 aliphatic heterocycles. The van der Waals surface area contributed by atoms with E-state index in [2.05, 4.69) is 42.5 Å². The summed E-state index contributed by atoms with van der Waals surface area (Å²) in [6.07, 6.45) is 5.07. The summed E-state index contributed by atoms with van der Waals surface area (Å²) in [6.45, 7) is 7.58. The van der Waals surface area contributed by atoms with Gasteiger partial charge in [-0.1, -0.05) is 19.1 Å². The van der Waals surface area contributed by atoms with Crippen LogP contribution >= 0.6 is 11.3 Å². The van der Waals surface area contributed by atoms with Gasteiger partial charge >= 0.3 is 0 Å². The number of aryl methyl sites for hydroxylation is 2. The van der Waals surface area contributed by atoms with Gasteiger partial charge in [-0.3, -0.25) is 4.68 Å². The highest BCUT2D eigenvalue weighted by Crippen LogP contribution is 2.51. The molecule has 1 unspecified atom stereocenters. The van der Waals surface area contributed by atoms with E-state index < -0.39 is 0 Å². The number of hydrogen-bond donors (Lipinski definition) is 1. The van der Waals surface area contributed by atoms with Crippen LogP contribution in [0.4, 0.5) is 0 Å². The molecular weight excluding hydrogens is 320 g/mol. The van der Waals surface area contributed by atoms with Crippen LogP contribution in [0, 0.1) is 0 Å². The fraction of sp³-hybridized carbons (Fsp3) is 0.667. The summed E-state index contributed by atoms with van der Waals surface area (Å²) >= 11 is 1.95. The maximum atomic E-state index is 6.55. The van der Waals surface area contributed by atoms with Crippen LogP contribution in [0.25, 0.3) is 0 Å². The normalized spacial score (nSPS) is 32.9. The predicted octanol–water partition coefficient (Wildman–Crippen LogP) is 3.28. The molecular formula is C18H26N4OS. The maximum absolute atomic E-state index is 6.55. The van der Waals surface area contributed by atoms with E-state index in [1.165, 1.54) is 15.3 Å². The van der Waals surface area contributed by atoms with Gasteiger partial charge in [-0.2, -0.15) is 0 Å². The number of hydrogen-bond acceptors (Lipinski definition) is 5. The Labute approximate surface area is 147 Å². The molecule has 6 heteroatoms. The van der Waals surface area contributed by atoms with Crippen molar-refractivity contribution in [2.45, 2.75) is 63.6 Å². The molecule has 0 aromatic carbocycles. The number of ether oxygens (including phenoxy) is 1. The summed E-state index contributed by atoms with van der Waals surface area (Å²) in [4.78, 5) is 2.93. The van der Waals surface area contributed by atoms with Gasteiger partial charge in [0, 0.05) is 41.4 Å². The molecule has 24 heavy (non-hydrogen) atoms. The van der Waals surface area contributed by atoms with E-state index in [4.69, 9.17) is 4.74 Å². The molecule has 0 saturated carbocycles. The molecule has 130 valence electrons. The van der Waals surface area contributed by atoms with Gasteiger partial charge in [-0.15, -0.1) is 16.4 Å². The standard InChI is InChI=1S/C18H26N4OS/c1-5-13-6-14-11(2)10-23-18(17(14)24-13)7-12(3)19-15(8-18)16-9-22(4)21-20-16/h6,9,11-12,15,19H,5,7-8,10H2,1-4H3/t11?,12-,15-,18-/m0/s1. The highest BCUT2D eigenvalue weighted by Gasteiger charge is 2.47. The number of thiophene rings is 1. The topological polar surface area (TPSA) is 52.0 Å². The van der Waals surface area contributed by atoms with Gasteiger partial charge in [0.1, 0.15) is 5.60 Å². The number of aromatic nitrogens is 3. The van der Waals surface area contributed by atoms with Crippen LogP contribution in [0.15, 0.2) is 12.3 Å². The summed E-state index contributed by atoms with van der Waals surface area (Å²) in [5.41, 5.74) is 2.35. The molecule has 0 bridgehead atoms. The Bertz CT molecular complexity index is 739. The fourth-order valence-corrected chi connectivity index (χ4v) is 5.56. The minimum Gasteiger partial charge on any atom is -0.369 e. The summed E-state index contributed by atoms with van der Waals surface area (Å²) in [7, 11) is 1.92. The van der Waals surface area contributed by atoms with Gasteiger partial charge in [0.05, 0.1) is 18.3 Å². The van der Waals surface area contributed by atoms with E-state index in [-0.39, 0.29) is 11.6 Å². The molecule has 2 aromatic rings. The van der Waals surface area contributed by atoms with Crippen LogP contribution in [0.3, 0.4) is 0 Å². The Morgan fingerprint density at radius 3 is 2.96 bits per heavy atom. The Morgan fingerprint density at radius 1 is 1.42 bits per heavy atom. The van der Waals surface area contributed by atoms with Crippen LogP contribution in [0.2, 0.25) is 0 Å². The van der Waals surface area contributed by atoms with E-state index in [9.17, 15) is 0 Å². The minimum atomic E-state index is -0.174. The maximum Gasteiger partial charge on any atom is 0.106 e. The molecule has 1 spiro atoms. The smallest absolute Gasteiger partial charge is 0.106 e. The average Bonchev–Trinajstić information content (AvgIpc) is 3.18. The Balaban J connectivity index is 1.74. The second-order valence-electron chi connectivity index (χ2n) is 7.40. The molecule has 1 N–H and O–H groups in total.